The highest BCUT2D eigenvalue weighted by Crippen LogP contribution is 2.28. The average Bonchev–Trinajstić information content (AvgIpc) is 3.04. The van der Waals surface area contributed by atoms with Crippen LogP contribution in [0.3, 0.4) is 0 Å². The SMILES string of the molecule is O=C(c1ccc(N([O-])OI)cc1)N1CCc2[nH]c3ccccc3c2C1. The lowest BCUT2D eigenvalue weighted by atomic mass is 10.0. The van der Waals surface area contributed by atoms with Crippen LogP contribution in [0.2, 0.25) is 0 Å². The molecule has 1 N–H and O–H groups in total. The fraction of sp³-hybridized carbons (Fsp3) is 0.167. The lowest BCUT2D eigenvalue weighted by Gasteiger charge is -2.28. The maximum Gasteiger partial charge on any atom is 0.254 e. The van der Waals surface area contributed by atoms with Crippen molar-refractivity contribution < 1.29 is 7.96 Å². The van der Waals surface area contributed by atoms with E-state index in [0.29, 0.717) is 29.6 Å². The van der Waals surface area contributed by atoms with E-state index in [1.807, 2.05) is 17.0 Å². The molecule has 1 amide bonds. The fourth-order valence-corrected chi connectivity index (χ4v) is 3.52. The minimum absolute atomic E-state index is 0.0321. The molecule has 4 rings (SSSR count). The summed E-state index contributed by atoms with van der Waals surface area (Å²) < 4.78 is 4.57. The molecule has 1 aliphatic heterocycles. The monoisotopic (exact) mass is 448 g/mol. The van der Waals surface area contributed by atoms with Crippen LogP contribution in [0.25, 0.3) is 10.9 Å². The minimum atomic E-state index is -0.0321. The summed E-state index contributed by atoms with van der Waals surface area (Å²) in [6, 6.07) is 14.6. The molecular weight excluding hydrogens is 433 g/mol. The van der Waals surface area contributed by atoms with Crippen LogP contribution in [0.15, 0.2) is 48.5 Å². The molecule has 25 heavy (non-hydrogen) atoms. The van der Waals surface area contributed by atoms with Crippen molar-refractivity contribution in [2.75, 3.05) is 11.8 Å². The summed E-state index contributed by atoms with van der Waals surface area (Å²) >= 11 is 1.52. The number of H-pyrrole nitrogens is 1. The van der Waals surface area contributed by atoms with Crippen molar-refractivity contribution >= 4 is 45.5 Å². The van der Waals surface area contributed by atoms with E-state index in [0.717, 1.165) is 11.9 Å². The van der Waals surface area contributed by atoms with E-state index in [9.17, 15) is 10.0 Å². The second-order valence-corrected chi connectivity index (χ2v) is 6.37. The van der Waals surface area contributed by atoms with Gasteiger partial charge in [-0.25, -0.2) is 3.17 Å². The average molecular weight is 448 g/mol. The van der Waals surface area contributed by atoms with Crippen LogP contribution in [0.1, 0.15) is 21.6 Å². The predicted molar refractivity (Wildman–Crippen MR) is 104 cm³/mol. The van der Waals surface area contributed by atoms with E-state index in [2.05, 4.69) is 20.3 Å². The number of anilines is 1. The van der Waals surface area contributed by atoms with Gasteiger partial charge in [-0.2, -0.15) is 0 Å². The number of aromatic amines is 1. The number of fused-ring (bicyclic) bond motifs is 3. The Morgan fingerprint density at radius 1 is 1.20 bits per heavy atom. The van der Waals surface area contributed by atoms with Gasteiger partial charge in [-0.05, 0) is 30.3 Å². The van der Waals surface area contributed by atoms with Crippen molar-refractivity contribution in [3.05, 3.63) is 70.6 Å². The molecule has 1 aromatic heterocycles. The fourth-order valence-electron chi connectivity index (χ4n) is 3.29. The highest BCUT2D eigenvalue weighted by atomic mass is 127. The Balaban J connectivity index is 1.57. The van der Waals surface area contributed by atoms with E-state index < -0.39 is 0 Å². The van der Waals surface area contributed by atoms with E-state index in [-0.39, 0.29) is 5.91 Å². The number of carbonyl (C=O) groups excluding carboxylic acids is 1. The van der Waals surface area contributed by atoms with Crippen LogP contribution >= 0.6 is 23.0 Å². The van der Waals surface area contributed by atoms with Crippen LogP contribution < -0.4 is 5.23 Å². The second kappa shape index (κ2) is 6.66. The number of hydrogen-bond donors (Lipinski definition) is 1. The molecule has 0 spiro atoms. The van der Waals surface area contributed by atoms with E-state index in [4.69, 9.17) is 0 Å². The molecular formula is C18H15IN3O3-. The highest BCUT2D eigenvalue weighted by molar-refractivity contribution is 14.1. The van der Waals surface area contributed by atoms with Crippen LogP contribution in [-0.2, 0) is 16.1 Å². The maximum absolute atomic E-state index is 12.8. The summed E-state index contributed by atoms with van der Waals surface area (Å²) in [7, 11) is 0. The Morgan fingerprint density at radius 3 is 2.72 bits per heavy atom. The van der Waals surface area contributed by atoms with Crippen molar-refractivity contribution in [3.63, 3.8) is 0 Å². The zero-order valence-electron chi connectivity index (χ0n) is 13.2. The molecule has 0 unspecified atom stereocenters. The van der Waals surface area contributed by atoms with E-state index >= 15 is 0 Å². The third kappa shape index (κ3) is 2.99. The molecule has 0 atom stereocenters. The third-order valence-corrected chi connectivity index (χ3v) is 4.92. The van der Waals surface area contributed by atoms with Crippen molar-refractivity contribution in [2.45, 2.75) is 13.0 Å². The number of rotatable bonds is 3. The van der Waals surface area contributed by atoms with Gasteiger partial charge >= 0.3 is 0 Å². The van der Waals surface area contributed by atoms with Gasteiger partial charge in [0.05, 0.1) is 5.69 Å². The molecule has 6 nitrogen and oxygen atoms in total. The van der Waals surface area contributed by atoms with Crippen LogP contribution in [-0.4, -0.2) is 22.3 Å². The van der Waals surface area contributed by atoms with Gasteiger partial charge in [0.15, 0.2) is 0 Å². The molecule has 0 saturated heterocycles. The number of aromatic nitrogens is 1. The molecule has 0 bridgehead atoms. The van der Waals surface area contributed by atoms with Gasteiger partial charge in [0.1, 0.15) is 23.0 Å². The number of halogens is 1. The molecule has 0 radical (unpaired) electrons. The lowest BCUT2D eigenvalue weighted by molar-refractivity contribution is 0.0735. The smallest absolute Gasteiger partial charge is 0.254 e. The van der Waals surface area contributed by atoms with Crippen molar-refractivity contribution in [1.82, 2.24) is 9.88 Å². The molecule has 1 aliphatic rings. The first-order valence-electron chi connectivity index (χ1n) is 7.91. The summed E-state index contributed by atoms with van der Waals surface area (Å²) in [5, 5.41) is 13.0. The minimum Gasteiger partial charge on any atom is -0.733 e. The third-order valence-electron chi connectivity index (χ3n) is 4.56. The summed E-state index contributed by atoms with van der Waals surface area (Å²) in [4.78, 5) is 18.1. The molecule has 128 valence electrons. The number of benzene rings is 2. The Bertz CT molecular complexity index is 923. The van der Waals surface area contributed by atoms with Crippen LogP contribution in [0.5, 0.6) is 0 Å². The zero-order valence-corrected chi connectivity index (χ0v) is 15.4. The number of nitrogens with zero attached hydrogens (tertiary/aromatic N) is 2. The van der Waals surface area contributed by atoms with Crippen LogP contribution in [0.4, 0.5) is 5.69 Å². The number of hydrogen-bond acceptors (Lipinski definition) is 4. The largest absolute Gasteiger partial charge is 0.733 e. The zero-order chi connectivity index (χ0) is 17.4. The van der Waals surface area contributed by atoms with E-state index in [1.54, 1.807) is 24.3 Å². The summed E-state index contributed by atoms with van der Waals surface area (Å²) in [6.07, 6.45) is 0.810. The van der Waals surface area contributed by atoms with Gasteiger partial charge in [0.25, 0.3) is 5.91 Å². The molecule has 3 aromatic rings. The Hall–Kier alpha value is -2.10. The summed E-state index contributed by atoms with van der Waals surface area (Å²) in [5.74, 6) is -0.0321. The first kappa shape index (κ1) is 16.4. The van der Waals surface area contributed by atoms with Gasteiger partial charge in [-0.3, -0.25) is 4.79 Å². The van der Waals surface area contributed by atoms with Gasteiger partial charge in [0.2, 0.25) is 0 Å². The number of amides is 1. The van der Waals surface area contributed by atoms with Crippen molar-refractivity contribution in [3.8, 4) is 0 Å². The highest BCUT2D eigenvalue weighted by Gasteiger charge is 2.24. The summed E-state index contributed by atoms with van der Waals surface area (Å²) in [5.41, 5.74) is 4.43. The molecule has 0 saturated carbocycles. The molecule has 7 heteroatoms. The molecule has 2 aromatic carbocycles. The lowest BCUT2D eigenvalue weighted by Crippen LogP contribution is -2.35. The van der Waals surface area contributed by atoms with Crippen LogP contribution in [0, 0.1) is 5.21 Å². The normalized spacial score (nSPS) is 13.8. The first-order chi connectivity index (χ1) is 12.2. The first-order valence-corrected chi connectivity index (χ1v) is 8.79. The van der Waals surface area contributed by atoms with Gasteiger partial charge < -0.3 is 20.3 Å². The number of para-hydroxylation sites is 1. The van der Waals surface area contributed by atoms with Crippen molar-refractivity contribution in [1.29, 1.82) is 0 Å². The maximum atomic E-state index is 12.8. The van der Waals surface area contributed by atoms with Crippen molar-refractivity contribution in [2.24, 2.45) is 0 Å². The van der Waals surface area contributed by atoms with Gasteiger partial charge in [-0.15, -0.1) is 0 Å². The number of nitrogens with one attached hydrogen (secondary N) is 1. The molecule has 0 fully saturated rings. The predicted octanol–water partition coefficient (Wildman–Crippen LogP) is 3.95. The van der Waals surface area contributed by atoms with Gasteiger partial charge in [-0.1, -0.05) is 18.2 Å². The van der Waals surface area contributed by atoms with E-state index in [1.165, 1.54) is 39.6 Å². The molecule has 0 aliphatic carbocycles. The van der Waals surface area contributed by atoms with Gasteiger partial charge in [0, 0.05) is 47.2 Å². The Kier molecular flexibility index (Phi) is 4.36. The Labute approximate surface area is 158 Å². The second-order valence-electron chi connectivity index (χ2n) is 5.98. The molecule has 2 heterocycles. The summed E-state index contributed by atoms with van der Waals surface area (Å²) in [6.45, 7) is 1.26. The number of carbonyl (C=O) groups is 1. The topological polar surface area (TPSA) is 71.6 Å². The Morgan fingerprint density at radius 2 is 1.96 bits per heavy atom. The standard InChI is InChI=1S/C18H15IN3O3/c19-25-22(24)13-7-5-12(6-8-13)18(23)21-10-9-17-15(11-21)14-3-1-2-4-16(14)20-17/h1-8,20H,9-11H2/q-1. The quantitative estimate of drug-likeness (QED) is 0.487.